The number of fused-ring (bicyclic) bond motifs is 1. The predicted octanol–water partition coefficient (Wildman–Crippen LogP) is 2.78. The molecule has 0 saturated carbocycles. The van der Waals surface area contributed by atoms with Crippen molar-refractivity contribution in [3.8, 4) is 11.5 Å². The van der Waals surface area contributed by atoms with Gasteiger partial charge in [0, 0.05) is 25.6 Å². The Kier molecular flexibility index (Phi) is 4.22. The molecular weight excluding hydrogens is 364 g/mol. The van der Waals surface area contributed by atoms with Crippen LogP contribution in [0.25, 0.3) is 22.6 Å². The third kappa shape index (κ3) is 2.92. The van der Waals surface area contributed by atoms with Crippen molar-refractivity contribution in [2.45, 2.75) is 24.7 Å². The first-order valence-electron chi connectivity index (χ1n) is 7.86. The minimum absolute atomic E-state index is 0.0965. The first-order valence-corrected chi connectivity index (χ1v) is 9.51. The van der Waals surface area contributed by atoms with Crippen molar-refractivity contribution >= 4 is 20.9 Å². The van der Waals surface area contributed by atoms with Gasteiger partial charge in [-0.1, -0.05) is 13.0 Å². The molecule has 26 heavy (non-hydrogen) atoms. The van der Waals surface area contributed by atoms with E-state index in [1.165, 1.54) is 48.0 Å². The zero-order chi connectivity index (χ0) is 19.3. The summed E-state index contributed by atoms with van der Waals surface area (Å²) in [5.74, 6) is -3.12. The summed E-state index contributed by atoms with van der Waals surface area (Å²) in [7, 11) is -2.08. The molecule has 0 radical (unpaired) electrons. The molecule has 0 amide bonds. The van der Waals surface area contributed by atoms with E-state index in [2.05, 4.69) is 4.98 Å². The Balaban J connectivity index is 2.32. The van der Waals surface area contributed by atoms with E-state index >= 15 is 0 Å². The summed E-state index contributed by atoms with van der Waals surface area (Å²) in [6, 6.07) is 6.69. The topological polar surface area (TPSA) is 78.9 Å². The largest absolute Gasteiger partial charge is 0.618 e. The summed E-state index contributed by atoms with van der Waals surface area (Å²) < 4.78 is 53.8. The second-order valence-corrected chi connectivity index (χ2v) is 8.28. The van der Waals surface area contributed by atoms with Gasteiger partial charge in [-0.15, -0.1) is 0 Å². The molecule has 0 atom stereocenters. The Morgan fingerprint density at radius 2 is 2.00 bits per heavy atom. The molecule has 3 aromatic rings. The third-order valence-electron chi connectivity index (χ3n) is 4.24. The van der Waals surface area contributed by atoms with Gasteiger partial charge in [0.15, 0.2) is 16.0 Å². The number of nitrogens with zero attached hydrogens (tertiary/aromatic N) is 3. The third-order valence-corrected chi connectivity index (χ3v) is 6.00. The van der Waals surface area contributed by atoms with Gasteiger partial charge in [-0.3, -0.25) is 0 Å². The van der Waals surface area contributed by atoms with Crippen LogP contribution in [0.1, 0.15) is 19.4 Å². The monoisotopic (exact) mass is 381 g/mol. The van der Waals surface area contributed by atoms with E-state index in [-0.39, 0.29) is 33.2 Å². The van der Waals surface area contributed by atoms with Crippen molar-refractivity contribution < 1.29 is 21.9 Å². The van der Waals surface area contributed by atoms with Crippen molar-refractivity contribution in [1.29, 1.82) is 0 Å². The molecule has 0 spiro atoms. The summed E-state index contributed by atoms with van der Waals surface area (Å²) in [5, 5.41) is 12.3. The van der Waals surface area contributed by atoms with Crippen LogP contribution < -0.4 is 4.73 Å². The first-order chi connectivity index (χ1) is 12.1. The Labute approximate surface area is 149 Å². The summed E-state index contributed by atoms with van der Waals surface area (Å²) in [6.45, 7) is 2.26. The lowest BCUT2D eigenvalue weighted by Crippen LogP contribution is -2.31. The number of aromatic nitrogens is 3. The van der Waals surface area contributed by atoms with Crippen molar-refractivity contribution in [2.24, 2.45) is 7.05 Å². The zero-order valence-electron chi connectivity index (χ0n) is 14.4. The molecule has 3 rings (SSSR count). The smallest absolute Gasteiger partial charge is 0.278 e. The number of rotatable bonds is 4. The maximum Gasteiger partial charge on any atom is 0.278 e. The van der Waals surface area contributed by atoms with Gasteiger partial charge < -0.3 is 9.77 Å². The first kappa shape index (κ1) is 18.2. The van der Waals surface area contributed by atoms with Crippen LogP contribution in [0.15, 0.2) is 41.4 Å². The van der Waals surface area contributed by atoms with Crippen LogP contribution >= 0.6 is 0 Å². The fourth-order valence-corrected chi connectivity index (χ4v) is 3.84. The highest BCUT2D eigenvalue weighted by atomic mass is 32.2. The maximum atomic E-state index is 13.6. The zero-order valence-corrected chi connectivity index (χ0v) is 15.2. The van der Waals surface area contributed by atoms with E-state index in [9.17, 15) is 22.4 Å². The normalized spacial score (nSPS) is 12.7. The highest BCUT2D eigenvalue weighted by molar-refractivity contribution is 7.91. The quantitative estimate of drug-likeness (QED) is 0.514. The van der Waals surface area contributed by atoms with Crippen LogP contribution in [-0.4, -0.2) is 23.7 Å². The van der Waals surface area contributed by atoms with Gasteiger partial charge in [-0.25, -0.2) is 22.2 Å². The molecule has 0 N–H and O–H groups in total. The second kappa shape index (κ2) is 6.01. The van der Waals surface area contributed by atoms with Crippen molar-refractivity contribution in [3.63, 3.8) is 0 Å². The highest BCUT2D eigenvalue weighted by Gasteiger charge is 2.30. The van der Waals surface area contributed by atoms with Crippen molar-refractivity contribution in [3.05, 3.63) is 47.3 Å². The summed E-state index contributed by atoms with van der Waals surface area (Å²) in [6.07, 6.45) is 1.18. The number of sulfone groups is 1. The second-order valence-electron chi connectivity index (χ2n) is 6.04. The molecular formula is C17H17F2N3O3S. The lowest BCUT2D eigenvalue weighted by Gasteiger charge is -2.10. The molecule has 1 aromatic carbocycles. The number of alkyl halides is 2. The Morgan fingerprint density at radius 3 is 2.62 bits per heavy atom. The van der Waals surface area contributed by atoms with Gasteiger partial charge >= 0.3 is 0 Å². The van der Waals surface area contributed by atoms with Crippen LogP contribution in [0.4, 0.5) is 8.78 Å². The van der Waals surface area contributed by atoms with Gasteiger partial charge in [0.2, 0.25) is 5.82 Å². The molecule has 0 aliphatic heterocycles. The SMILES string of the molecule is CCS(=O)(=O)c1ccc[n+]([O-])c1-c1nc2cc(C(C)(F)F)ccc2n1C. The number of halogens is 2. The van der Waals surface area contributed by atoms with E-state index in [1.54, 1.807) is 7.05 Å². The summed E-state index contributed by atoms with van der Waals surface area (Å²) >= 11 is 0. The Bertz CT molecular complexity index is 1100. The van der Waals surface area contributed by atoms with Gasteiger partial charge in [0.1, 0.15) is 4.90 Å². The van der Waals surface area contributed by atoms with E-state index in [0.717, 1.165) is 6.92 Å². The average molecular weight is 381 g/mol. The van der Waals surface area contributed by atoms with Crippen LogP contribution in [0.3, 0.4) is 0 Å². The molecule has 6 nitrogen and oxygen atoms in total. The van der Waals surface area contributed by atoms with Crippen LogP contribution in [0.5, 0.6) is 0 Å². The molecule has 0 fully saturated rings. The lowest BCUT2D eigenvalue weighted by molar-refractivity contribution is -0.595. The average Bonchev–Trinajstić information content (AvgIpc) is 2.90. The number of pyridine rings is 1. The van der Waals surface area contributed by atoms with Crippen LogP contribution in [0, 0.1) is 5.21 Å². The van der Waals surface area contributed by atoms with E-state index in [4.69, 9.17) is 0 Å². The number of imidazole rings is 1. The van der Waals surface area contributed by atoms with E-state index < -0.39 is 15.8 Å². The van der Waals surface area contributed by atoms with Gasteiger partial charge in [-0.2, -0.15) is 4.73 Å². The number of hydrogen-bond donors (Lipinski definition) is 0. The van der Waals surface area contributed by atoms with Crippen LogP contribution in [-0.2, 0) is 22.8 Å². The Morgan fingerprint density at radius 1 is 1.31 bits per heavy atom. The number of hydrogen-bond acceptors (Lipinski definition) is 4. The molecule has 0 aliphatic carbocycles. The molecule has 0 aliphatic rings. The standard InChI is InChI=1S/C17H17F2N3O3S/c1-4-26(24,25)14-6-5-9-22(23)15(14)16-20-12-10-11(17(2,18)19)7-8-13(12)21(16)3/h5-10H,4H2,1-3H3. The fourth-order valence-electron chi connectivity index (χ4n) is 2.77. The van der Waals surface area contributed by atoms with E-state index in [0.29, 0.717) is 10.2 Å². The molecule has 2 heterocycles. The van der Waals surface area contributed by atoms with Crippen LogP contribution in [0.2, 0.25) is 0 Å². The number of aryl methyl sites for hydroxylation is 1. The molecule has 138 valence electrons. The molecule has 0 saturated heterocycles. The van der Waals surface area contributed by atoms with Gasteiger partial charge in [-0.05, 0) is 18.2 Å². The predicted molar refractivity (Wildman–Crippen MR) is 92.4 cm³/mol. The Hall–Kier alpha value is -2.55. The van der Waals surface area contributed by atoms with Crippen molar-refractivity contribution in [1.82, 2.24) is 9.55 Å². The molecule has 9 heteroatoms. The van der Waals surface area contributed by atoms with Gasteiger partial charge in [0.05, 0.1) is 16.8 Å². The lowest BCUT2D eigenvalue weighted by atomic mass is 10.1. The molecule has 0 unspecified atom stereocenters. The van der Waals surface area contributed by atoms with Gasteiger partial charge in [0.25, 0.3) is 11.6 Å². The fraction of sp³-hybridized carbons (Fsp3) is 0.294. The number of benzene rings is 1. The molecule has 0 bridgehead atoms. The maximum absolute atomic E-state index is 13.6. The van der Waals surface area contributed by atoms with Crippen molar-refractivity contribution in [2.75, 3.05) is 5.75 Å². The summed E-state index contributed by atoms with van der Waals surface area (Å²) in [5.41, 5.74) is 0.430. The minimum Gasteiger partial charge on any atom is -0.618 e. The molecule has 2 aromatic heterocycles. The summed E-state index contributed by atoms with van der Waals surface area (Å²) in [4.78, 5) is 4.13. The highest BCUT2D eigenvalue weighted by Crippen LogP contribution is 2.32. The minimum atomic E-state index is -3.68. The van der Waals surface area contributed by atoms with E-state index in [1.807, 2.05) is 0 Å².